The van der Waals surface area contributed by atoms with Crippen LogP contribution in [0.15, 0.2) is 70.0 Å². The third-order valence-electron chi connectivity index (χ3n) is 5.69. The van der Waals surface area contributed by atoms with Crippen molar-refractivity contribution in [1.82, 2.24) is 15.4 Å². The monoisotopic (exact) mass is 562 g/mol. The molecule has 0 radical (unpaired) electrons. The Labute approximate surface area is 221 Å². The molecule has 0 bridgehead atoms. The third-order valence-corrected chi connectivity index (χ3v) is 8.29. The highest BCUT2D eigenvalue weighted by molar-refractivity contribution is 8.01. The Balaban J connectivity index is 1.51. The van der Waals surface area contributed by atoms with E-state index < -0.39 is 43.5 Å². The first-order valence-electron chi connectivity index (χ1n) is 11.4. The number of carbonyl (C=O) groups is 2. The largest absolute Gasteiger partial charge is 0.466 e. The molecule has 11 nitrogen and oxygen atoms in total. The van der Waals surface area contributed by atoms with Gasteiger partial charge in [0.2, 0.25) is 5.91 Å². The molecular weight excluding hydrogens is 539 g/mol. The van der Waals surface area contributed by atoms with Gasteiger partial charge in [-0.05, 0) is 42.0 Å². The Morgan fingerprint density at radius 3 is 2.39 bits per heavy atom. The summed E-state index contributed by atoms with van der Waals surface area (Å²) in [6.07, 6.45) is 1.03. The summed E-state index contributed by atoms with van der Waals surface area (Å²) >= 11 is 1.19. The van der Waals surface area contributed by atoms with Gasteiger partial charge in [-0.25, -0.2) is 17.5 Å². The number of nitro groups is 1. The van der Waals surface area contributed by atoms with Crippen molar-refractivity contribution in [2.24, 2.45) is 0 Å². The average molecular weight is 563 g/mol. The number of hydrogen-bond donors (Lipinski definition) is 3. The fraction of sp³-hybridized carbons (Fsp3) is 0.250. The molecule has 200 valence electrons. The van der Waals surface area contributed by atoms with Crippen LogP contribution in [-0.2, 0) is 32.5 Å². The van der Waals surface area contributed by atoms with Gasteiger partial charge < -0.3 is 9.73 Å². The van der Waals surface area contributed by atoms with Crippen LogP contribution in [0.25, 0.3) is 0 Å². The van der Waals surface area contributed by atoms with Gasteiger partial charge in [-0.15, -0.1) is 11.8 Å². The van der Waals surface area contributed by atoms with Gasteiger partial charge in [0.15, 0.2) is 0 Å². The normalized spacial score (nSPS) is 18.1. The summed E-state index contributed by atoms with van der Waals surface area (Å²) in [4.78, 5) is 35.6. The van der Waals surface area contributed by atoms with Gasteiger partial charge in [0.05, 0.1) is 15.1 Å². The fourth-order valence-corrected chi connectivity index (χ4v) is 5.91. The number of nitrogens with zero attached hydrogens (tertiary/aromatic N) is 1. The number of thioether (sulfide) groups is 1. The van der Waals surface area contributed by atoms with Crippen molar-refractivity contribution < 1.29 is 31.7 Å². The number of nitro benzene ring substituents is 1. The summed E-state index contributed by atoms with van der Waals surface area (Å²) in [5.74, 6) is -0.414. The van der Waals surface area contributed by atoms with Crippen LogP contribution in [0.5, 0.6) is 0 Å². The number of halogens is 1. The first kappa shape index (κ1) is 27.3. The predicted molar refractivity (Wildman–Crippen MR) is 136 cm³/mol. The van der Waals surface area contributed by atoms with Crippen LogP contribution < -0.4 is 15.4 Å². The Hall–Kier alpha value is -3.75. The zero-order valence-electron chi connectivity index (χ0n) is 19.9. The number of hydrogen-bond acceptors (Lipinski definition) is 9. The van der Waals surface area contributed by atoms with Crippen molar-refractivity contribution in [3.8, 4) is 0 Å². The van der Waals surface area contributed by atoms with E-state index in [2.05, 4.69) is 10.6 Å². The first-order valence-corrected chi connectivity index (χ1v) is 13.8. The highest BCUT2D eigenvalue weighted by Gasteiger charge is 2.37. The Bertz CT molecular complexity index is 1440. The fourth-order valence-electron chi connectivity index (χ4n) is 3.74. The molecule has 0 spiro atoms. The quantitative estimate of drug-likeness (QED) is 0.249. The van der Waals surface area contributed by atoms with E-state index in [0.29, 0.717) is 18.6 Å². The maximum absolute atomic E-state index is 13.5. The lowest BCUT2D eigenvalue weighted by Crippen LogP contribution is -2.47. The smallest absolute Gasteiger partial charge is 0.269 e. The number of rotatable bonds is 10. The number of furan rings is 1. The number of benzene rings is 2. The van der Waals surface area contributed by atoms with Gasteiger partial charge >= 0.3 is 0 Å². The summed E-state index contributed by atoms with van der Waals surface area (Å²) < 4.78 is 46.8. The van der Waals surface area contributed by atoms with E-state index in [1.165, 1.54) is 23.9 Å². The maximum atomic E-state index is 13.5. The highest BCUT2D eigenvalue weighted by Crippen LogP contribution is 2.28. The second-order valence-corrected chi connectivity index (χ2v) is 11.3. The molecule has 3 N–H and O–H groups in total. The minimum Gasteiger partial charge on any atom is -0.466 e. The minimum absolute atomic E-state index is 0.250. The molecule has 4 rings (SSSR count). The van der Waals surface area contributed by atoms with Gasteiger partial charge in [0.25, 0.3) is 21.6 Å². The van der Waals surface area contributed by atoms with Crippen LogP contribution in [0.4, 0.5) is 10.1 Å². The maximum Gasteiger partial charge on any atom is 0.269 e. The number of non-ortho nitro benzene ring substituents is 1. The minimum atomic E-state index is -4.40. The number of nitrogens with one attached hydrogen (secondary N) is 3. The van der Waals surface area contributed by atoms with Crippen LogP contribution in [0.3, 0.4) is 0 Å². The van der Waals surface area contributed by atoms with E-state index in [-0.39, 0.29) is 22.1 Å². The summed E-state index contributed by atoms with van der Waals surface area (Å²) in [6.45, 7) is 1.95. The van der Waals surface area contributed by atoms with Crippen molar-refractivity contribution in [3.05, 3.63) is 93.7 Å². The van der Waals surface area contributed by atoms with E-state index in [0.717, 1.165) is 42.2 Å². The highest BCUT2D eigenvalue weighted by atomic mass is 32.2. The molecule has 1 aromatic heterocycles. The summed E-state index contributed by atoms with van der Waals surface area (Å²) in [6, 6.07) is 11.2. The van der Waals surface area contributed by atoms with Gasteiger partial charge in [-0.1, -0.05) is 19.1 Å². The van der Waals surface area contributed by atoms with Crippen LogP contribution in [0, 0.1) is 15.9 Å². The third kappa shape index (κ3) is 6.38. The van der Waals surface area contributed by atoms with Crippen LogP contribution >= 0.6 is 11.8 Å². The molecule has 1 saturated heterocycles. The number of aryl methyl sites for hydroxylation is 1. The molecule has 3 aromatic rings. The van der Waals surface area contributed by atoms with Crippen molar-refractivity contribution in [2.75, 3.05) is 0 Å². The predicted octanol–water partition coefficient (Wildman–Crippen LogP) is 2.78. The number of amides is 2. The van der Waals surface area contributed by atoms with Crippen molar-refractivity contribution in [1.29, 1.82) is 0 Å². The van der Waals surface area contributed by atoms with Gasteiger partial charge in [0.1, 0.15) is 28.9 Å². The number of sulfonamides is 1. The lowest BCUT2D eigenvalue weighted by Gasteiger charge is -2.22. The van der Waals surface area contributed by atoms with Crippen molar-refractivity contribution in [2.45, 2.75) is 41.5 Å². The molecule has 2 amide bonds. The molecule has 0 saturated carbocycles. The lowest BCUT2D eigenvalue weighted by atomic mass is 10.1. The van der Waals surface area contributed by atoms with E-state index >= 15 is 0 Å². The van der Waals surface area contributed by atoms with E-state index in [9.17, 15) is 32.5 Å². The molecule has 2 heterocycles. The molecule has 2 unspecified atom stereocenters. The van der Waals surface area contributed by atoms with Gasteiger partial charge in [-0.2, -0.15) is 0 Å². The molecular formula is C24H23FN4O7S2. The van der Waals surface area contributed by atoms with Gasteiger partial charge in [0, 0.05) is 25.0 Å². The Kier molecular flexibility index (Phi) is 8.14. The van der Waals surface area contributed by atoms with E-state index in [1.54, 1.807) is 6.07 Å². The Morgan fingerprint density at radius 1 is 1.13 bits per heavy atom. The van der Waals surface area contributed by atoms with E-state index in [1.807, 2.05) is 17.7 Å². The molecule has 2 aromatic carbocycles. The molecule has 3 atom stereocenters. The second kappa shape index (κ2) is 11.3. The summed E-state index contributed by atoms with van der Waals surface area (Å²) in [5.41, 5.74) is -0.833. The van der Waals surface area contributed by atoms with Crippen LogP contribution in [0.2, 0.25) is 0 Å². The topological polar surface area (TPSA) is 161 Å². The number of carbonyl (C=O) groups excluding carboxylic acids is 2. The molecule has 1 aliphatic heterocycles. The second-order valence-electron chi connectivity index (χ2n) is 8.31. The summed E-state index contributed by atoms with van der Waals surface area (Å²) in [7, 11) is -4.40. The van der Waals surface area contributed by atoms with Crippen LogP contribution in [0.1, 0.15) is 30.0 Å². The summed E-state index contributed by atoms with van der Waals surface area (Å²) in [5, 5.41) is 16.0. The Morgan fingerprint density at radius 2 is 1.79 bits per heavy atom. The SMILES string of the molecule is CCc1ccc(CC2SC(N[C@H](C(=O)NS(=O)(=O)c3ccc([N+](=O)[O-])cc3)c3ccc(F)cc3)NC2=O)o1. The molecule has 0 aliphatic carbocycles. The standard InChI is InChI=1S/C24H23FN4O7S2/c1-2-17-9-10-18(36-17)13-20-22(30)27-24(37-20)26-21(14-3-5-15(25)6-4-14)23(31)28-38(34,35)19-11-7-16(8-12-19)29(32)33/h3-12,20-21,24,26H,2,13H2,1H3,(H,27,30)(H,28,31)/t20?,21-,24?/m0/s1. The molecule has 38 heavy (non-hydrogen) atoms. The molecule has 1 fully saturated rings. The lowest BCUT2D eigenvalue weighted by molar-refractivity contribution is -0.384. The first-order chi connectivity index (χ1) is 18.1. The average Bonchev–Trinajstić information content (AvgIpc) is 3.48. The zero-order valence-corrected chi connectivity index (χ0v) is 21.6. The van der Waals surface area contributed by atoms with E-state index in [4.69, 9.17) is 4.42 Å². The van der Waals surface area contributed by atoms with Gasteiger partial charge in [-0.3, -0.25) is 25.0 Å². The van der Waals surface area contributed by atoms with Crippen LogP contribution in [-0.4, -0.2) is 35.9 Å². The molecule has 1 aliphatic rings. The zero-order chi connectivity index (χ0) is 27.4. The van der Waals surface area contributed by atoms with Crippen molar-refractivity contribution in [3.63, 3.8) is 0 Å². The van der Waals surface area contributed by atoms with Crippen molar-refractivity contribution >= 4 is 39.3 Å². The molecule has 14 heteroatoms.